The summed E-state index contributed by atoms with van der Waals surface area (Å²) in [5.41, 5.74) is 0.123. The third kappa shape index (κ3) is 10.2. The second-order valence-electron chi connectivity index (χ2n) is 12.4. The van der Waals surface area contributed by atoms with Gasteiger partial charge in [-0.2, -0.15) is 0 Å². The maximum absolute atomic E-state index is 13.9. The van der Waals surface area contributed by atoms with Gasteiger partial charge >= 0.3 is 12.1 Å². The highest BCUT2D eigenvalue weighted by molar-refractivity contribution is 5.96. The summed E-state index contributed by atoms with van der Waals surface area (Å²) in [6, 6.07) is 6.68. The van der Waals surface area contributed by atoms with E-state index in [9.17, 15) is 24.0 Å². The Hall–Kier alpha value is -3.43. The predicted molar refractivity (Wildman–Crippen MR) is 155 cm³/mol. The van der Waals surface area contributed by atoms with E-state index in [1.165, 1.54) is 7.11 Å². The minimum Gasteiger partial charge on any atom is -0.467 e. The van der Waals surface area contributed by atoms with Crippen molar-refractivity contribution >= 4 is 29.7 Å². The Bertz CT molecular complexity index is 1070. The van der Waals surface area contributed by atoms with Crippen molar-refractivity contribution in [3.63, 3.8) is 0 Å². The largest absolute Gasteiger partial charge is 0.467 e. The summed E-state index contributed by atoms with van der Waals surface area (Å²) in [6.45, 7) is 12.4. The summed E-state index contributed by atoms with van der Waals surface area (Å²) in [7, 11) is 1.26. The fourth-order valence-electron chi connectivity index (χ4n) is 5.06. The summed E-state index contributed by atoms with van der Waals surface area (Å²) in [5, 5.41) is 8.28. The summed E-state index contributed by atoms with van der Waals surface area (Å²) < 4.78 is 10.2. The van der Waals surface area contributed by atoms with Gasteiger partial charge in [0.25, 0.3) is 0 Å². The maximum atomic E-state index is 13.9. The quantitative estimate of drug-likeness (QED) is 0.325. The van der Waals surface area contributed by atoms with Crippen LogP contribution in [0.3, 0.4) is 0 Å². The van der Waals surface area contributed by atoms with Crippen molar-refractivity contribution in [1.29, 1.82) is 0 Å². The Balaban J connectivity index is 2.22. The first-order valence-electron chi connectivity index (χ1n) is 14.4. The number of methoxy groups -OCH3 is 1. The standard InChI is InChI=1S/C31H47N3O7/c1-18(2)24(28(37)34-25(19(3)4)29(38)40-8)33-27(36)22-16-12-15-21(22)26(35)23(17-20-13-10-9-11-14-20)32-30(39)41-31(5,6)7/h9-11,13-14,18-19,21-25H,12,15-17H2,1-8H3,(H,32,39)(H,33,36)(H,34,37)/t21?,22-,23?,24-,25?/m1/s1. The first-order valence-corrected chi connectivity index (χ1v) is 14.4. The predicted octanol–water partition coefficient (Wildman–Crippen LogP) is 3.56. The first-order chi connectivity index (χ1) is 19.1. The van der Waals surface area contributed by atoms with Crippen molar-refractivity contribution in [2.75, 3.05) is 7.11 Å². The van der Waals surface area contributed by atoms with Gasteiger partial charge in [0.2, 0.25) is 11.8 Å². The molecular formula is C31H47N3O7. The van der Waals surface area contributed by atoms with Gasteiger partial charge in [-0.25, -0.2) is 9.59 Å². The van der Waals surface area contributed by atoms with Crippen LogP contribution in [0.25, 0.3) is 0 Å². The molecule has 0 heterocycles. The molecule has 0 saturated heterocycles. The van der Waals surface area contributed by atoms with Crippen LogP contribution in [0.5, 0.6) is 0 Å². The van der Waals surface area contributed by atoms with Gasteiger partial charge in [0.05, 0.1) is 13.2 Å². The minimum atomic E-state index is -0.912. The molecule has 1 aliphatic rings. The molecule has 1 aromatic rings. The van der Waals surface area contributed by atoms with Gasteiger partial charge in [-0.3, -0.25) is 14.4 Å². The number of hydrogen-bond acceptors (Lipinski definition) is 7. The monoisotopic (exact) mass is 573 g/mol. The van der Waals surface area contributed by atoms with Crippen LogP contribution in [-0.2, 0) is 35.1 Å². The SMILES string of the molecule is COC(=O)C(NC(=O)[C@H](NC(=O)[C@@H]1CCCC1C(=O)C(Cc1ccccc1)NC(=O)OC(C)(C)C)C(C)C)C(C)C. The molecule has 10 heteroatoms. The van der Waals surface area contributed by atoms with Crippen molar-refractivity contribution in [1.82, 2.24) is 16.0 Å². The van der Waals surface area contributed by atoms with Crippen molar-refractivity contribution in [3.05, 3.63) is 35.9 Å². The highest BCUT2D eigenvalue weighted by Gasteiger charge is 2.42. The van der Waals surface area contributed by atoms with Gasteiger partial charge in [0.1, 0.15) is 17.7 Å². The molecule has 0 aromatic heterocycles. The summed E-state index contributed by atoms with van der Waals surface area (Å²) in [5.74, 6) is -3.48. The minimum absolute atomic E-state index is 0.217. The van der Waals surface area contributed by atoms with Crippen LogP contribution in [0.15, 0.2) is 30.3 Å². The molecule has 1 fully saturated rings. The zero-order valence-electron chi connectivity index (χ0n) is 25.6. The van der Waals surface area contributed by atoms with Crippen molar-refractivity contribution < 1.29 is 33.4 Å². The zero-order chi connectivity index (χ0) is 30.9. The number of hydrogen-bond donors (Lipinski definition) is 3. The van der Waals surface area contributed by atoms with Crippen LogP contribution in [0.1, 0.15) is 73.3 Å². The average Bonchev–Trinajstić information content (AvgIpc) is 3.38. The van der Waals surface area contributed by atoms with Crippen LogP contribution < -0.4 is 16.0 Å². The number of ketones is 1. The van der Waals surface area contributed by atoms with E-state index in [0.717, 1.165) is 5.56 Å². The Morgan fingerprint density at radius 1 is 0.854 bits per heavy atom. The van der Waals surface area contributed by atoms with Crippen molar-refractivity contribution in [2.45, 2.75) is 97.9 Å². The lowest BCUT2D eigenvalue weighted by molar-refractivity contribution is -0.147. The topological polar surface area (TPSA) is 140 Å². The van der Waals surface area contributed by atoms with Crippen LogP contribution >= 0.6 is 0 Å². The summed E-state index contributed by atoms with van der Waals surface area (Å²) in [6.07, 6.45) is 1.19. The third-order valence-electron chi connectivity index (χ3n) is 7.20. The third-order valence-corrected chi connectivity index (χ3v) is 7.20. The van der Waals surface area contributed by atoms with Gasteiger partial charge in [0.15, 0.2) is 5.78 Å². The van der Waals surface area contributed by atoms with E-state index < -0.39 is 59.4 Å². The molecule has 1 aliphatic carbocycles. The number of benzene rings is 1. The van der Waals surface area contributed by atoms with Crippen molar-refractivity contribution in [2.24, 2.45) is 23.7 Å². The Morgan fingerprint density at radius 2 is 1.44 bits per heavy atom. The Kier molecular flexibility index (Phi) is 12.3. The molecule has 228 valence electrons. The molecule has 1 saturated carbocycles. The number of alkyl carbamates (subject to hydrolysis) is 1. The van der Waals surface area contributed by atoms with Gasteiger partial charge < -0.3 is 25.4 Å². The summed E-state index contributed by atoms with van der Waals surface area (Å²) >= 11 is 0. The number of carbonyl (C=O) groups is 5. The first kappa shape index (κ1) is 33.8. The van der Waals surface area contributed by atoms with Crippen LogP contribution in [0, 0.1) is 23.7 Å². The molecule has 0 spiro atoms. The Morgan fingerprint density at radius 3 is 1.98 bits per heavy atom. The molecular weight excluding hydrogens is 526 g/mol. The molecule has 0 radical (unpaired) electrons. The number of nitrogens with one attached hydrogen (secondary N) is 3. The molecule has 3 amide bonds. The molecule has 10 nitrogen and oxygen atoms in total. The van der Waals surface area contributed by atoms with E-state index in [4.69, 9.17) is 9.47 Å². The number of carbonyl (C=O) groups excluding carboxylic acids is 5. The normalized spacial score (nSPS) is 19.2. The highest BCUT2D eigenvalue weighted by atomic mass is 16.6. The number of esters is 1. The number of amides is 3. The van der Waals surface area contributed by atoms with E-state index in [1.807, 2.05) is 30.3 Å². The van der Waals surface area contributed by atoms with Crippen molar-refractivity contribution in [3.8, 4) is 0 Å². The lowest BCUT2D eigenvalue weighted by Crippen LogP contribution is -2.56. The zero-order valence-corrected chi connectivity index (χ0v) is 25.6. The number of rotatable bonds is 12. The van der Waals surface area contributed by atoms with Crippen LogP contribution in [0.2, 0.25) is 0 Å². The second-order valence-corrected chi connectivity index (χ2v) is 12.4. The average molecular weight is 574 g/mol. The van der Waals surface area contributed by atoms with Gasteiger partial charge in [0, 0.05) is 11.8 Å². The molecule has 41 heavy (non-hydrogen) atoms. The lowest BCUT2D eigenvalue weighted by atomic mass is 9.85. The molecule has 0 aliphatic heterocycles. The molecule has 3 N–H and O–H groups in total. The number of Topliss-reactive ketones (excluding diaryl/α,β-unsaturated/α-hetero) is 1. The van der Waals surface area contributed by atoms with Gasteiger partial charge in [-0.05, 0) is 57.4 Å². The van der Waals surface area contributed by atoms with Gasteiger partial charge in [-0.15, -0.1) is 0 Å². The van der Waals surface area contributed by atoms with Crippen LogP contribution in [-0.4, -0.2) is 60.5 Å². The molecule has 2 rings (SSSR count). The van der Waals surface area contributed by atoms with E-state index >= 15 is 0 Å². The maximum Gasteiger partial charge on any atom is 0.408 e. The van der Waals surface area contributed by atoms with Gasteiger partial charge in [-0.1, -0.05) is 64.4 Å². The van der Waals surface area contributed by atoms with E-state index in [-0.39, 0.29) is 24.0 Å². The smallest absolute Gasteiger partial charge is 0.408 e. The Labute approximate surface area is 243 Å². The summed E-state index contributed by atoms with van der Waals surface area (Å²) in [4.78, 5) is 65.4. The highest BCUT2D eigenvalue weighted by Crippen LogP contribution is 2.34. The molecule has 3 unspecified atom stereocenters. The molecule has 1 aromatic carbocycles. The lowest BCUT2D eigenvalue weighted by Gasteiger charge is -2.29. The molecule has 0 bridgehead atoms. The second kappa shape index (κ2) is 15.0. The molecule has 5 atom stereocenters. The van der Waals surface area contributed by atoms with E-state index in [1.54, 1.807) is 48.5 Å². The number of ether oxygens (including phenoxy) is 2. The van der Waals surface area contributed by atoms with E-state index in [2.05, 4.69) is 16.0 Å². The van der Waals surface area contributed by atoms with E-state index in [0.29, 0.717) is 19.3 Å². The van der Waals surface area contributed by atoms with Crippen LogP contribution in [0.4, 0.5) is 4.79 Å². The fraction of sp³-hybridized carbons (Fsp3) is 0.645. The fourth-order valence-corrected chi connectivity index (χ4v) is 5.06.